The summed E-state index contributed by atoms with van der Waals surface area (Å²) in [7, 11) is 0. The zero-order valence-electron chi connectivity index (χ0n) is 20.8. The fraction of sp³-hybridized carbons (Fsp3) is 0.333. The van der Waals surface area contributed by atoms with Gasteiger partial charge in [-0.25, -0.2) is 0 Å². The number of aliphatic imine (C=N–C) groups is 2. The molecule has 0 aromatic heterocycles. The van der Waals surface area contributed by atoms with Gasteiger partial charge in [0.15, 0.2) is 0 Å². The number of nitrogens with zero attached hydrogens (tertiary/aromatic N) is 2. The lowest BCUT2D eigenvalue weighted by atomic mass is 9.99. The molecular formula is C30H29F3N2O2. The van der Waals surface area contributed by atoms with Crippen molar-refractivity contribution >= 4 is 22.8 Å². The van der Waals surface area contributed by atoms with Crippen LogP contribution in [0.3, 0.4) is 0 Å². The maximum Gasteiger partial charge on any atom is 0.389 e. The van der Waals surface area contributed by atoms with Crippen LogP contribution in [0.25, 0.3) is 0 Å². The Labute approximate surface area is 214 Å². The van der Waals surface area contributed by atoms with Crippen LogP contribution in [-0.4, -0.2) is 30.8 Å². The molecule has 0 saturated heterocycles. The largest absolute Gasteiger partial charge is 0.494 e. The summed E-state index contributed by atoms with van der Waals surface area (Å²) in [4.78, 5) is 9.59. The fourth-order valence-corrected chi connectivity index (χ4v) is 4.52. The van der Waals surface area contributed by atoms with E-state index < -0.39 is 12.6 Å². The number of alkyl halides is 3. The van der Waals surface area contributed by atoms with Crippen molar-refractivity contribution in [1.82, 2.24) is 0 Å². The van der Waals surface area contributed by atoms with E-state index in [1.165, 1.54) is 5.56 Å². The van der Waals surface area contributed by atoms with E-state index in [4.69, 9.17) is 19.5 Å². The van der Waals surface area contributed by atoms with Crippen LogP contribution < -0.4 is 9.47 Å². The number of halogens is 3. The second-order valence-electron chi connectivity index (χ2n) is 9.40. The van der Waals surface area contributed by atoms with Gasteiger partial charge in [-0.05, 0) is 71.5 Å². The van der Waals surface area contributed by atoms with E-state index >= 15 is 0 Å². The second-order valence-corrected chi connectivity index (χ2v) is 9.40. The average molecular weight is 507 g/mol. The van der Waals surface area contributed by atoms with Gasteiger partial charge in [0.05, 0.1) is 36.0 Å². The third kappa shape index (κ3) is 6.21. The van der Waals surface area contributed by atoms with E-state index in [0.29, 0.717) is 12.2 Å². The van der Waals surface area contributed by atoms with E-state index in [2.05, 4.69) is 37.3 Å². The van der Waals surface area contributed by atoms with Gasteiger partial charge in [0.25, 0.3) is 0 Å². The van der Waals surface area contributed by atoms with Crippen LogP contribution in [0, 0.1) is 0 Å². The fourth-order valence-electron chi connectivity index (χ4n) is 4.52. The molecule has 2 aliphatic rings. The molecule has 0 saturated carbocycles. The van der Waals surface area contributed by atoms with Crippen molar-refractivity contribution in [2.75, 3.05) is 13.2 Å². The van der Waals surface area contributed by atoms with E-state index in [9.17, 15) is 13.2 Å². The number of benzene rings is 3. The second kappa shape index (κ2) is 10.8. The predicted octanol–water partition coefficient (Wildman–Crippen LogP) is 7.94. The lowest BCUT2D eigenvalue weighted by Gasteiger charge is -2.09. The average Bonchev–Trinajstić information content (AvgIpc) is 3.50. The lowest BCUT2D eigenvalue weighted by Crippen LogP contribution is -2.09. The van der Waals surface area contributed by atoms with Gasteiger partial charge in [-0.1, -0.05) is 37.6 Å². The SMILES string of the molecule is CCCCOc1ccc2c(c1)CC(c1ccc(C3=Nc4ccc(OCCCC(F)(F)F)cc4C3)cc1)=N2. The molecule has 2 heterocycles. The molecule has 0 radical (unpaired) electrons. The molecule has 4 nitrogen and oxygen atoms in total. The summed E-state index contributed by atoms with van der Waals surface area (Å²) in [5, 5.41) is 0. The first-order valence-corrected chi connectivity index (χ1v) is 12.7. The standard InChI is InChI=1S/C30H29F3N2O2/c1-2-3-14-36-24-9-11-26-22(16-24)18-28(34-26)20-5-7-21(8-6-20)29-19-23-17-25(10-12-27(23)35-29)37-15-4-13-30(31,32)33/h5-12,16-17H,2-4,13-15,18-19H2,1H3. The summed E-state index contributed by atoms with van der Waals surface area (Å²) in [6.07, 6.45) is -1.47. The van der Waals surface area contributed by atoms with Gasteiger partial charge in [0.1, 0.15) is 11.5 Å². The molecule has 0 spiro atoms. The monoisotopic (exact) mass is 506 g/mol. The van der Waals surface area contributed by atoms with E-state index in [-0.39, 0.29) is 13.0 Å². The van der Waals surface area contributed by atoms with Crippen LogP contribution in [0.5, 0.6) is 11.5 Å². The number of unbranched alkanes of at least 4 members (excludes halogenated alkanes) is 1. The maximum absolute atomic E-state index is 12.3. The Balaban J connectivity index is 1.19. The van der Waals surface area contributed by atoms with Crippen LogP contribution in [0.2, 0.25) is 0 Å². The van der Waals surface area contributed by atoms with Crippen LogP contribution in [-0.2, 0) is 12.8 Å². The predicted molar refractivity (Wildman–Crippen MR) is 140 cm³/mol. The highest BCUT2D eigenvalue weighted by Gasteiger charge is 2.26. The van der Waals surface area contributed by atoms with Crippen molar-refractivity contribution in [3.8, 4) is 11.5 Å². The molecule has 0 aliphatic carbocycles. The number of hydrogen-bond acceptors (Lipinski definition) is 4. The summed E-state index contributed by atoms with van der Waals surface area (Å²) in [5.74, 6) is 1.47. The Kier molecular flexibility index (Phi) is 7.31. The summed E-state index contributed by atoms with van der Waals surface area (Å²) in [6, 6.07) is 19.9. The third-order valence-electron chi connectivity index (χ3n) is 6.52. The molecule has 0 fully saturated rings. The molecule has 3 aromatic rings. The molecule has 0 N–H and O–H groups in total. The molecule has 0 atom stereocenters. The molecular weight excluding hydrogens is 477 g/mol. The highest BCUT2D eigenvalue weighted by atomic mass is 19.4. The van der Waals surface area contributed by atoms with Crippen LogP contribution >= 0.6 is 0 Å². The first-order chi connectivity index (χ1) is 17.9. The normalized spacial score (nSPS) is 14.2. The summed E-state index contributed by atoms with van der Waals surface area (Å²) >= 11 is 0. The maximum atomic E-state index is 12.3. The van der Waals surface area contributed by atoms with Gasteiger partial charge in [0.2, 0.25) is 0 Å². The van der Waals surface area contributed by atoms with Crippen molar-refractivity contribution in [3.05, 3.63) is 82.9 Å². The molecule has 7 heteroatoms. The Morgan fingerprint density at radius 1 is 0.703 bits per heavy atom. The van der Waals surface area contributed by atoms with Crippen molar-refractivity contribution in [2.45, 2.75) is 51.6 Å². The zero-order chi connectivity index (χ0) is 25.8. The molecule has 192 valence electrons. The quantitative estimate of drug-likeness (QED) is 0.262. The van der Waals surface area contributed by atoms with Gasteiger partial charge in [-0.3, -0.25) is 9.98 Å². The molecule has 2 aliphatic heterocycles. The van der Waals surface area contributed by atoms with Gasteiger partial charge in [-0.15, -0.1) is 0 Å². The van der Waals surface area contributed by atoms with Gasteiger partial charge >= 0.3 is 6.18 Å². The van der Waals surface area contributed by atoms with Crippen LogP contribution in [0.15, 0.2) is 70.6 Å². The van der Waals surface area contributed by atoms with E-state index in [1.807, 2.05) is 24.3 Å². The van der Waals surface area contributed by atoms with Crippen molar-refractivity contribution in [1.29, 1.82) is 0 Å². The van der Waals surface area contributed by atoms with Gasteiger partial charge < -0.3 is 9.47 Å². The Bertz CT molecular complexity index is 1330. The number of ether oxygens (including phenoxy) is 2. The Morgan fingerprint density at radius 2 is 1.19 bits per heavy atom. The molecule has 3 aromatic carbocycles. The van der Waals surface area contributed by atoms with Crippen molar-refractivity contribution in [2.24, 2.45) is 9.98 Å². The molecule has 37 heavy (non-hydrogen) atoms. The highest BCUT2D eigenvalue weighted by Crippen LogP contribution is 2.34. The smallest absolute Gasteiger partial charge is 0.389 e. The third-order valence-corrected chi connectivity index (χ3v) is 6.52. The molecule has 0 amide bonds. The Morgan fingerprint density at radius 3 is 1.65 bits per heavy atom. The number of hydrogen-bond donors (Lipinski definition) is 0. The minimum atomic E-state index is -4.15. The topological polar surface area (TPSA) is 43.2 Å². The van der Waals surface area contributed by atoms with Crippen LogP contribution in [0.1, 0.15) is 54.9 Å². The number of fused-ring (bicyclic) bond motifs is 2. The van der Waals surface area contributed by atoms with E-state index in [0.717, 1.165) is 71.1 Å². The lowest BCUT2D eigenvalue weighted by molar-refractivity contribution is -0.136. The first-order valence-electron chi connectivity index (χ1n) is 12.7. The molecule has 5 rings (SSSR count). The van der Waals surface area contributed by atoms with Crippen LogP contribution in [0.4, 0.5) is 24.5 Å². The number of rotatable bonds is 10. The van der Waals surface area contributed by atoms with Gasteiger partial charge in [-0.2, -0.15) is 13.2 Å². The summed E-state index contributed by atoms with van der Waals surface area (Å²) in [6.45, 7) is 2.92. The van der Waals surface area contributed by atoms with E-state index in [1.54, 1.807) is 6.07 Å². The zero-order valence-corrected chi connectivity index (χ0v) is 20.8. The summed E-state index contributed by atoms with van der Waals surface area (Å²) < 4.78 is 48.3. The van der Waals surface area contributed by atoms with Crippen molar-refractivity contribution < 1.29 is 22.6 Å². The first kappa shape index (κ1) is 25.1. The molecule has 0 bridgehead atoms. The van der Waals surface area contributed by atoms with Crippen molar-refractivity contribution in [3.63, 3.8) is 0 Å². The molecule has 0 unspecified atom stereocenters. The summed E-state index contributed by atoms with van der Waals surface area (Å²) in [5.41, 5.74) is 8.18. The van der Waals surface area contributed by atoms with Gasteiger partial charge in [0, 0.05) is 19.3 Å². The minimum absolute atomic E-state index is 0.0361. The Hall–Kier alpha value is -3.61. The minimum Gasteiger partial charge on any atom is -0.494 e. The highest BCUT2D eigenvalue weighted by molar-refractivity contribution is 6.09.